The zero-order valence-electron chi connectivity index (χ0n) is 10.3. The first-order valence-corrected chi connectivity index (χ1v) is 7.29. The number of hydrogen-bond acceptors (Lipinski definition) is 3. The summed E-state index contributed by atoms with van der Waals surface area (Å²) in [7, 11) is 0. The van der Waals surface area contributed by atoms with Gasteiger partial charge in [0.1, 0.15) is 0 Å². The van der Waals surface area contributed by atoms with E-state index in [0.29, 0.717) is 0 Å². The Morgan fingerprint density at radius 2 is 1.84 bits per heavy atom. The van der Waals surface area contributed by atoms with E-state index in [1.54, 1.807) is 11.3 Å². The van der Waals surface area contributed by atoms with Crippen molar-refractivity contribution in [3.8, 4) is 0 Å². The summed E-state index contributed by atoms with van der Waals surface area (Å²) in [4.78, 5) is 5.20. The monoisotopic (exact) mass is 288 g/mol. The molecule has 2 aromatic heterocycles. The number of thiophene rings is 1. The van der Waals surface area contributed by atoms with E-state index < -0.39 is 0 Å². The number of pyridine rings is 1. The van der Waals surface area contributed by atoms with E-state index in [2.05, 4.69) is 22.4 Å². The summed E-state index contributed by atoms with van der Waals surface area (Å²) < 4.78 is 1.24. The topological polar surface area (TPSA) is 24.9 Å². The maximum absolute atomic E-state index is 6.40. The van der Waals surface area contributed by atoms with Crippen LogP contribution in [0.4, 0.5) is 0 Å². The first-order valence-electron chi connectivity index (χ1n) is 6.10. The Labute approximate surface area is 121 Å². The number of benzene rings is 1. The standard InChI is InChI=1S/C15H13ClN2S/c16-15-12-3-1-2-4-13(12)19-14(15)10-18-9-11-5-7-17-8-6-11/h1-8,18H,9-10H2. The van der Waals surface area contributed by atoms with Gasteiger partial charge in [-0.1, -0.05) is 29.8 Å². The Balaban J connectivity index is 1.70. The van der Waals surface area contributed by atoms with Gasteiger partial charge in [-0.3, -0.25) is 4.98 Å². The van der Waals surface area contributed by atoms with Crippen molar-refractivity contribution in [2.45, 2.75) is 13.1 Å². The molecule has 0 saturated carbocycles. The molecule has 0 saturated heterocycles. The van der Waals surface area contributed by atoms with Crippen LogP contribution >= 0.6 is 22.9 Å². The third-order valence-corrected chi connectivity index (χ3v) is 4.68. The smallest absolute Gasteiger partial charge is 0.0636 e. The molecule has 4 heteroatoms. The van der Waals surface area contributed by atoms with Crippen LogP contribution in [-0.2, 0) is 13.1 Å². The molecule has 96 valence electrons. The quantitative estimate of drug-likeness (QED) is 0.777. The van der Waals surface area contributed by atoms with Crippen molar-refractivity contribution in [1.82, 2.24) is 10.3 Å². The highest BCUT2D eigenvalue weighted by atomic mass is 35.5. The summed E-state index contributed by atoms with van der Waals surface area (Å²) >= 11 is 8.15. The molecule has 2 nitrogen and oxygen atoms in total. The molecule has 2 heterocycles. The SMILES string of the molecule is Clc1c(CNCc2ccncc2)sc2ccccc12. The van der Waals surface area contributed by atoms with Crippen LogP contribution in [-0.4, -0.2) is 4.98 Å². The van der Waals surface area contributed by atoms with Crippen LogP contribution < -0.4 is 5.32 Å². The largest absolute Gasteiger partial charge is 0.308 e. The average molecular weight is 289 g/mol. The normalized spacial score (nSPS) is 11.0. The Morgan fingerprint density at radius 1 is 1.05 bits per heavy atom. The van der Waals surface area contributed by atoms with Crippen LogP contribution in [0.25, 0.3) is 10.1 Å². The zero-order chi connectivity index (χ0) is 13.1. The highest BCUT2D eigenvalue weighted by molar-refractivity contribution is 7.19. The molecular formula is C15H13ClN2S. The van der Waals surface area contributed by atoms with Gasteiger partial charge in [0.05, 0.1) is 5.02 Å². The first-order chi connectivity index (χ1) is 9.34. The maximum atomic E-state index is 6.40. The fourth-order valence-corrected chi connectivity index (χ4v) is 3.47. The van der Waals surface area contributed by atoms with E-state index in [1.807, 2.05) is 36.7 Å². The number of hydrogen-bond donors (Lipinski definition) is 1. The summed E-state index contributed by atoms with van der Waals surface area (Å²) in [5, 5.41) is 5.44. The molecule has 1 aromatic carbocycles. The summed E-state index contributed by atoms with van der Waals surface area (Å²) in [6, 6.07) is 12.3. The van der Waals surface area contributed by atoms with Gasteiger partial charge >= 0.3 is 0 Å². The van der Waals surface area contributed by atoms with E-state index in [0.717, 1.165) is 23.5 Å². The molecule has 0 aliphatic heterocycles. The molecule has 0 radical (unpaired) electrons. The molecule has 19 heavy (non-hydrogen) atoms. The second-order valence-electron chi connectivity index (χ2n) is 4.29. The second-order valence-corrected chi connectivity index (χ2v) is 5.81. The fourth-order valence-electron chi connectivity index (χ4n) is 2.00. The zero-order valence-corrected chi connectivity index (χ0v) is 11.8. The highest BCUT2D eigenvalue weighted by Gasteiger charge is 2.08. The molecule has 0 aliphatic rings. The predicted molar refractivity (Wildman–Crippen MR) is 81.6 cm³/mol. The fraction of sp³-hybridized carbons (Fsp3) is 0.133. The minimum absolute atomic E-state index is 0.792. The van der Waals surface area contributed by atoms with Crippen LogP contribution in [0, 0.1) is 0 Å². The van der Waals surface area contributed by atoms with Crippen LogP contribution in [0.5, 0.6) is 0 Å². The summed E-state index contributed by atoms with van der Waals surface area (Å²) in [6.45, 7) is 1.62. The van der Waals surface area contributed by atoms with Gasteiger partial charge in [0, 0.05) is 40.4 Å². The Bertz CT molecular complexity index is 679. The molecule has 0 aliphatic carbocycles. The molecule has 0 unspecified atom stereocenters. The highest BCUT2D eigenvalue weighted by Crippen LogP contribution is 2.34. The Hall–Kier alpha value is -1.42. The van der Waals surface area contributed by atoms with Crippen LogP contribution in [0.3, 0.4) is 0 Å². The van der Waals surface area contributed by atoms with Crippen molar-refractivity contribution < 1.29 is 0 Å². The number of rotatable bonds is 4. The van der Waals surface area contributed by atoms with E-state index in [9.17, 15) is 0 Å². The molecule has 3 aromatic rings. The minimum atomic E-state index is 0.792. The van der Waals surface area contributed by atoms with Crippen LogP contribution in [0.15, 0.2) is 48.8 Å². The van der Waals surface area contributed by atoms with Gasteiger partial charge in [0.25, 0.3) is 0 Å². The van der Waals surface area contributed by atoms with E-state index >= 15 is 0 Å². The number of aromatic nitrogens is 1. The lowest BCUT2D eigenvalue weighted by Crippen LogP contribution is -2.11. The van der Waals surface area contributed by atoms with Gasteiger partial charge in [-0.2, -0.15) is 0 Å². The van der Waals surface area contributed by atoms with Gasteiger partial charge in [0.2, 0.25) is 0 Å². The predicted octanol–water partition coefficient (Wildman–Crippen LogP) is 4.24. The number of halogens is 1. The van der Waals surface area contributed by atoms with E-state index in [1.165, 1.54) is 15.1 Å². The maximum Gasteiger partial charge on any atom is 0.0636 e. The van der Waals surface area contributed by atoms with Gasteiger partial charge in [-0.15, -0.1) is 11.3 Å². The van der Waals surface area contributed by atoms with Crippen molar-refractivity contribution in [3.05, 3.63) is 64.3 Å². The average Bonchev–Trinajstić information content (AvgIpc) is 2.78. The van der Waals surface area contributed by atoms with Crippen molar-refractivity contribution in [2.75, 3.05) is 0 Å². The Morgan fingerprint density at radius 3 is 2.63 bits per heavy atom. The molecule has 0 bridgehead atoms. The van der Waals surface area contributed by atoms with Crippen molar-refractivity contribution in [1.29, 1.82) is 0 Å². The van der Waals surface area contributed by atoms with Crippen LogP contribution in [0.2, 0.25) is 5.02 Å². The Kier molecular flexibility index (Phi) is 3.78. The van der Waals surface area contributed by atoms with E-state index in [4.69, 9.17) is 11.6 Å². The summed E-state index contributed by atoms with van der Waals surface area (Å²) in [5.74, 6) is 0. The lowest BCUT2D eigenvalue weighted by molar-refractivity contribution is 0.700. The third kappa shape index (κ3) is 2.78. The van der Waals surface area contributed by atoms with Gasteiger partial charge in [-0.25, -0.2) is 0 Å². The van der Waals surface area contributed by atoms with Gasteiger partial charge in [-0.05, 0) is 23.8 Å². The molecule has 0 fully saturated rings. The lowest BCUT2D eigenvalue weighted by Gasteiger charge is -2.03. The van der Waals surface area contributed by atoms with Crippen molar-refractivity contribution in [2.24, 2.45) is 0 Å². The van der Waals surface area contributed by atoms with Gasteiger partial charge < -0.3 is 5.32 Å². The third-order valence-electron chi connectivity index (χ3n) is 2.97. The molecule has 1 N–H and O–H groups in total. The summed E-state index contributed by atoms with van der Waals surface area (Å²) in [6.07, 6.45) is 3.62. The second kappa shape index (κ2) is 5.70. The van der Waals surface area contributed by atoms with E-state index in [-0.39, 0.29) is 0 Å². The van der Waals surface area contributed by atoms with Gasteiger partial charge in [0.15, 0.2) is 0 Å². The summed E-state index contributed by atoms with van der Waals surface area (Å²) in [5.41, 5.74) is 1.23. The number of nitrogens with zero attached hydrogens (tertiary/aromatic N) is 1. The van der Waals surface area contributed by atoms with Crippen molar-refractivity contribution in [3.63, 3.8) is 0 Å². The first kappa shape index (κ1) is 12.6. The minimum Gasteiger partial charge on any atom is -0.308 e. The molecule has 0 spiro atoms. The molecule has 3 rings (SSSR count). The number of fused-ring (bicyclic) bond motifs is 1. The molecule has 0 amide bonds. The molecule has 0 atom stereocenters. The number of nitrogens with one attached hydrogen (secondary N) is 1. The molecular weight excluding hydrogens is 276 g/mol. The van der Waals surface area contributed by atoms with Crippen LogP contribution in [0.1, 0.15) is 10.4 Å². The lowest BCUT2D eigenvalue weighted by atomic mass is 10.2. The van der Waals surface area contributed by atoms with Crippen molar-refractivity contribution >= 4 is 33.0 Å².